The summed E-state index contributed by atoms with van der Waals surface area (Å²) < 4.78 is 0. The van der Waals surface area contributed by atoms with Crippen molar-refractivity contribution in [3.05, 3.63) is 0 Å². The van der Waals surface area contributed by atoms with Gasteiger partial charge >= 0.3 is 0 Å². The maximum Gasteiger partial charge on any atom is 0.239 e. The molecule has 122 valence electrons. The van der Waals surface area contributed by atoms with E-state index in [4.69, 9.17) is 0 Å². The van der Waals surface area contributed by atoms with Crippen molar-refractivity contribution >= 4 is 35.8 Å². The third kappa shape index (κ3) is 5.00. The Morgan fingerprint density at radius 3 is 2.48 bits per heavy atom. The van der Waals surface area contributed by atoms with Gasteiger partial charge in [-0.25, -0.2) is 0 Å². The van der Waals surface area contributed by atoms with E-state index >= 15 is 0 Å². The summed E-state index contributed by atoms with van der Waals surface area (Å²) in [5, 5.41) is 6.18. The van der Waals surface area contributed by atoms with Gasteiger partial charge in [-0.15, -0.1) is 24.0 Å². The molecule has 0 radical (unpaired) electrons. The van der Waals surface area contributed by atoms with E-state index in [9.17, 15) is 4.79 Å². The molecule has 5 nitrogen and oxygen atoms in total. The topological polar surface area (TPSA) is 56.7 Å². The van der Waals surface area contributed by atoms with Crippen LogP contribution in [0, 0.1) is 5.41 Å². The van der Waals surface area contributed by atoms with Crippen LogP contribution in [0.5, 0.6) is 0 Å². The van der Waals surface area contributed by atoms with E-state index in [2.05, 4.69) is 34.4 Å². The number of nitrogens with one attached hydrogen (secondary N) is 2. The highest BCUT2D eigenvalue weighted by atomic mass is 127. The van der Waals surface area contributed by atoms with Gasteiger partial charge in [-0.05, 0) is 37.5 Å². The molecule has 2 fully saturated rings. The zero-order valence-electron chi connectivity index (χ0n) is 13.4. The standard InChI is InChI=1S/C15H28N4O.HI/c1-4-15(5-2)8-9-19(11-15)14(16-3)17-10-13(20)18-12-6-7-12;/h12H,4-11H2,1-3H3,(H,16,17)(H,18,20);1H. The zero-order valence-corrected chi connectivity index (χ0v) is 15.8. The minimum Gasteiger partial charge on any atom is -0.352 e. The van der Waals surface area contributed by atoms with Gasteiger partial charge in [-0.1, -0.05) is 13.8 Å². The van der Waals surface area contributed by atoms with Crippen LogP contribution in [0.2, 0.25) is 0 Å². The monoisotopic (exact) mass is 408 g/mol. The van der Waals surface area contributed by atoms with E-state index in [0.29, 0.717) is 18.0 Å². The lowest BCUT2D eigenvalue weighted by atomic mass is 9.82. The smallest absolute Gasteiger partial charge is 0.239 e. The lowest BCUT2D eigenvalue weighted by Gasteiger charge is -2.27. The van der Waals surface area contributed by atoms with E-state index < -0.39 is 0 Å². The van der Waals surface area contributed by atoms with Crippen LogP contribution in [0.25, 0.3) is 0 Å². The summed E-state index contributed by atoms with van der Waals surface area (Å²) in [5.41, 5.74) is 0.424. The van der Waals surface area contributed by atoms with E-state index in [-0.39, 0.29) is 29.9 Å². The number of hydrogen-bond acceptors (Lipinski definition) is 2. The molecule has 1 saturated heterocycles. The van der Waals surface area contributed by atoms with Crippen LogP contribution in [0.1, 0.15) is 46.0 Å². The first-order valence-corrected chi connectivity index (χ1v) is 7.87. The van der Waals surface area contributed by atoms with E-state index in [1.807, 2.05) is 0 Å². The van der Waals surface area contributed by atoms with Gasteiger partial charge in [-0.3, -0.25) is 9.79 Å². The van der Waals surface area contributed by atoms with Crippen molar-refractivity contribution in [1.82, 2.24) is 15.5 Å². The molecule has 0 spiro atoms. The molecule has 21 heavy (non-hydrogen) atoms. The molecule has 1 heterocycles. The zero-order chi connectivity index (χ0) is 14.6. The number of rotatable bonds is 5. The largest absolute Gasteiger partial charge is 0.352 e. The van der Waals surface area contributed by atoms with Crippen LogP contribution in [0.3, 0.4) is 0 Å². The van der Waals surface area contributed by atoms with Crippen LogP contribution in [-0.4, -0.2) is 49.5 Å². The number of amides is 1. The highest BCUT2D eigenvalue weighted by Gasteiger charge is 2.36. The molecule has 1 aliphatic carbocycles. The van der Waals surface area contributed by atoms with Crippen LogP contribution < -0.4 is 10.6 Å². The fourth-order valence-electron chi connectivity index (χ4n) is 2.94. The Labute approximate surface area is 145 Å². The number of aliphatic imine (C=N–C) groups is 1. The third-order valence-corrected chi connectivity index (χ3v) is 4.80. The Bertz CT molecular complexity index is 378. The molecule has 0 aromatic rings. The van der Waals surface area contributed by atoms with Gasteiger partial charge in [0.05, 0.1) is 6.54 Å². The molecule has 2 aliphatic rings. The molecule has 0 unspecified atom stereocenters. The predicted octanol–water partition coefficient (Wildman–Crippen LogP) is 1.97. The van der Waals surface area contributed by atoms with Crippen molar-refractivity contribution in [1.29, 1.82) is 0 Å². The normalized spacial score (nSPS) is 20.9. The van der Waals surface area contributed by atoms with Crippen molar-refractivity contribution in [2.75, 3.05) is 26.7 Å². The van der Waals surface area contributed by atoms with Gasteiger partial charge in [0.25, 0.3) is 0 Å². The van der Waals surface area contributed by atoms with Gasteiger partial charge in [-0.2, -0.15) is 0 Å². The van der Waals surface area contributed by atoms with E-state index in [1.54, 1.807) is 7.05 Å². The summed E-state index contributed by atoms with van der Waals surface area (Å²) in [6.45, 7) is 6.94. The fraction of sp³-hybridized carbons (Fsp3) is 0.867. The molecule has 2 N–H and O–H groups in total. The number of guanidine groups is 1. The Balaban J connectivity index is 0.00000220. The second kappa shape index (κ2) is 8.19. The first kappa shape index (κ1) is 18.5. The highest BCUT2D eigenvalue weighted by Crippen LogP contribution is 2.36. The van der Waals surface area contributed by atoms with Gasteiger partial charge in [0.2, 0.25) is 5.91 Å². The Morgan fingerprint density at radius 2 is 2.00 bits per heavy atom. The molecular weight excluding hydrogens is 379 g/mol. The summed E-state index contributed by atoms with van der Waals surface area (Å²) in [6, 6.07) is 0.422. The second-order valence-electron chi connectivity index (χ2n) is 6.12. The van der Waals surface area contributed by atoms with Crippen LogP contribution in [-0.2, 0) is 4.79 Å². The Hall–Kier alpha value is -0.530. The predicted molar refractivity (Wildman–Crippen MR) is 97.1 cm³/mol. The van der Waals surface area contributed by atoms with E-state index in [1.165, 1.54) is 19.3 Å². The first-order chi connectivity index (χ1) is 9.62. The van der Waals surface area contributed by atoms with Gasteiger partial charge in [0.15, 0.2) is 5.96 Å². The lowest BCUT2D eigenvalue weighted by Crippen LogP contribution is -2.45. The maximum absolute atomic E-state index is 11.7. The number of carbonyl (C=O) groups excluding carboxylic acids is 1. The maximum atomic E-state index is 11.7. The summed E-state index contributed by atoms with van der Waals surface area (Å²) >= 11 is 0. The number of carbonyl (C=O) groups is 1. The van der Waals surface area contributed by atoms with Crippen molar-refractivity contribution in [3.8, 4) is 0 Å². The van der Waals surface area contributed by atoms with Gasteiger partial charge in [0.1, 0.15) is 0 Å². The third-order valence-electron chi connectivity index (χ3n) is 4.80. The molecule has 2 rings (SSSR count). The summed E-state index contributed by atoms with van der Waals surface area (Å²) in [5.74, 6) is 0.935. The average Bonchev–Trinajstić information content (AvgIpc) is 3.17. The Morgan fingerprint density at radius 1 is 1.33 bits per heavy atom. The SMILES string of the molecule is CCC1(CC)CCN(C(=NC)NCC(=O)NC2CC2)C1.I. The van der Waals surface area contributed by atoms with Crippen molar-refractivity contribution in [3.63, 3.8) is 0 Å². The van der Waals surface area contributed by atoms with Gasteiger partial charge < -0.3 is 15.5 Å². The summed E-state index contributed by atoms with van der Waals surface area (Å²) in [6.07, 6.45) is 5.89. The molecule has 1 amide bonds. The second-order valence-corrected chi connectivity index (χ2v) is 6.12. The van der Waals surface area contributed by atoms with Gasteiger partial charge in [0, 0.05) is 26.2 Å². The first-order valence-electron chi connectivity index (χ1n) is 7.87. The minimum atomic E-state index is 0. The van der Waals surface area contributed by atoms with Crippen LogP contribution >= 0.6 is 24.0 Å². The Kier molecular flexibility index (Phi) is 7.23. The average molecular weight is 408 g/mol. The lowest BCUT2D eigenvalue weighted by molar-refractivity contribution is -0.120. The highest BCUT2D eigenvalue weighted by molar-refractivity contribution is 14.0. The number of hydrogen-bond donors (Lipinski definition) is 2. The fourth-order valence-corrected chi connectivity index (χ4v) is 2.94. The van der Waals surface area contributed by atoms with Crippen LogP contribution in [0.15, 0.2) is 4.99 Å². The molecule has 0 atom stereocenters. The quantitative estimate of drug-likeness (QED) is 0.416. The molecule has 1 aliphatic heterocycles. The summed E-state index contributed by atoms with van der Waals surface area (Å²) in [7, 11) is 1.79. The molecule has 0 aromatic carbocycles. The van der Waals surface area contributed by atoms with Crippen molar-refractivity contribution < 1.29 is 4.79 Å². The number of halogens is 1. The van der Waals surface area contributed by atoms with Crippen molar-refractivity contribution in [2.24, 2.45) is 10.4 Å². The van der Waals surface area contributed by atoms with Crippen LogP contribution in [0.4, 0.5) is 0 Å². The molecule has 1 saturated carbocycles. The summed E-state index contributed by atoms with van der Waals surface area (Å²) in [4.78, 5) is 18.3. The number of likely N-dealkylation sites (tertiary alicyclic amines) is 1. The number of nitrogens with zero attached hydrogens (tertiary/aromatic N) is 2. The van der Waals surface area contributed by atoms with E-state index in [0.717, 1.165) is 31.9 Å². The molecule has 6 heteroatoms. The van der Waals surface area contributed by atoms with Crippen molar-refractivity contribution in [2.45, 2.75) is 52.0 Å². The minimum absolute atomic E-state index is 0. The molecule has 0 aromatic heterocycles. The molecule has 0 bridgehead atoms. The molecular formula is C15H29IN4O.